The molecule has 2 saturated heterocycles. The summed E-state index contributed by atoms with van der Waals surface area (Å²) in [5.74, 6) is 2.07. The molecule has 2 aromatic heterocycles. The van der Waals surface area contributed by atoms with Gasteiger partial charge in [0.15, 0.2) is 5.82 Å². The van der Waals surface area contributed by atoms with E-state index in [9.17, 15) is 8.78 Å². The van der Waals surface area contributed by atoms with Crippen LogP contribution in [0, 0.1) is 0 Å². The van der Waals surface area contributed by atoms with Crippen molar-refractivity contribution in [3.05, 3.63) is 46.1 Å². The van der Waals surface area contributed by atoms with Gasteiger partial charge in [-0.3, -0.25) is 9.38 Å². The molecule has 0 bridgehead atoms. The number of hydrogen-bond donors (Lipinski definition) is 0. The van der Waals surface area contributed by atoms with Crippen LogP contribution in [0.25, 0.3) is 5.52 Å². The summed E-state index contributed by atoms with van der Waals surface area (Å²) in [6.07, 6.45) is 8.13. The summed E-state index contributed by atoms with van der Waals surface area (Å²) in [4.78, 5) is 11.5. The highest BCUT2D eigenvalue weighted by molar-refractivity contribution is 9.11. The summed E-state index contributed by atoms with van der Waals surface area (Å²) in [6, 6.07) is -0.0781. The zero-order chi connectivity index (χ0) is 19.3. The molecule has 4 heterocycles. The number of aromatic nitrogens is 3. The van der Waals surface area contributed by atoms with Gasteiger partial charge in [-0.15, -0.1) is 0 Å². The van der Waals surface area contributed by atoms with Crippen LogP contribution in [0.5, 0.6) is 0 Å². The molecule has 0 spiro atoms. The molecule has 2 unspecified atom stereocenters. The topological polar surface area (TPSA) is 42.7 Å². The molecule has 0 aromatic carbocycles. The van der Waals surface area contributed by atoms with E-state index in [-0.39, 0.29) is 17.5 Å². The van der Waals surface area contributed by atoms with Crippen LogP contribution < -0.4 is 4.90 Å². The summed E-state index contributed by atoms with van der Waals surface area (Å²) in [5.41, 5.74) is 2.29. The van der Waals surface area contributed by atoms with Gasteiger partial charge in [-0.25, -0.2) is 13.8 Å². The van der Waals surface area contributed by atoms with Crippen LogP contribution in [0.15, 0.2) is 40.3 Å². The van der Waals surface area contributed by atoms with E-state index < -0.39 is 6.43 Å². The Balaban J connectivity index is 1.58. The Hall–Kier alpha value is -1.80. The highest BCUT2D eigenvalue weighted by atomic mass is 79.9. The van der Waals surface area contributed by atoms with Crippen LogP contribution in [-0.2, 0) is 4.74 Å². The first kappa shape index (κ1) is 18.2. The third-order valence-electron chi connectivity index (χ3n) is 5.99. The number of alkyl halides is 2. The van der Waals surface area contributed by atoms with Crippen molar-refractivity contribution in [2.24, 2.45) is 0 Å². The maximum absolute atomic E-state index is 13.5. The average molecular weight is 451 g/mol. The minimum atomic E-state index is -2.46. The number of rotatable bonds is 3. The molecular formula is C20H21BrF2N4O. The van der Waals surface area contributed by atoms with E-state index in [4.69, 9.17) is 9.72 Å². The van der Waals surface area contributed by atoms with Crippen molar-refractivity contribution in [2.75, 3.05) is 24.7 Å². The highest BCUT2D eigenvalue weighted by Crippen LogP contribution is 2.41. The summed E-state index contributed by atoms with van der Waals surface area (Å²) in [6.45, 7) is 2.22. The third kappa shape index (κ3) is 2.97. The van der Waals surface area contributed by atoms with Crippen LogP contribution in [0.1, 0.15) is 37.4 Å². The summed E-state index contributed by atoms with van der Waals surface area (Å²) >= 11 is 3.34. The third-order valence-corrected chi connectivity index (χ3v) is 6.72. The van der Waals surface area contributed by atoms with Crippen molar-refractivity contribution in [1.82, 2.24) is 14.4 Å². The second-order valence-corrected chi connectivity index (χ2v) is 8.45. The number of hydrogen-bond acceptors (Lipinski definition) is 4. The monoisotopic (exact) mass is 450 g/mol. The Labute approximate surface area is 170 Å². The average Bonchev–Trinajstić information content (AvgIpc) is 3.34. The van der Waals surface area contributed by atoms with E-state index in [1.165, 1.54) is 5.57 Å². The van der Waals surface area contributed by atoms with E-state index in [2.05, 4.69) is 30.2 Å². The van der Waals surface area contributed by atoms with E-state index in [0.717, 1.165) is 49.6 Å². The Morgan fingerprint density at radius 1 is 1.32 bits per heavy atom. The SMILES string of the molecule is FC(F)C1=C(Br)C=C2CCCN(c3nc(C4CCOC4)n4ccncc34)C2C1. The second kappa shape index (κ2) is 7.22. The number of anilines is 1. The van der Waals surface area contributed by atoms with Crippen molar-refractivity contribution in [1.29, 1.82) is 0 Å². The fourth-order valence-electron chi connectivity index (χ4n) is 4.58. The Kier molecular flexibility index (Phi) is 4.71. The first-order valence-corrected chi connectivity index (χ1v) is 10.5. The maximum atomic E-state index is 13.5. The molecule has 5 nitrogen and oxygen atoms in total. The molecule has 28 heavy (non-hydrogen) atoms. The van der Waals surface area contributed by atoms with Gasteiger partial charge in [0.2, 0.25) is 0 Å². The van der Waals surface area contributed by atoms with Crippen molar-refractivity contribution in [3.8, 4) is 0 Å². The molecule has 0 radical (unpaired) electrons. The Morgan fingerprint density at radius 2 is 2.21 bits per heavy atom. The van der Waals surface area contributed by atoms with Gasteiger partial charge < -0.3 is 9.64 Å². The molecule has 5 rings (SSSR count). The van der Waals surface area contributed by atoms with Crippen molar-refractivity contribution < 1.29 is 13.5 Å². The summed E-state index contributed by atoms with van der Waals surface area (Å²) < 4.78 is 35.3. The van der Waals surface area contributed by atoms with Crippen molar-refractivity contribution in [2.45, 2.75) is 44.1 Å². The molecule has 8 heteroatoms. The minimum Gasteiger partial charge on any atom is -0.381 e. The lowest BCUT2D eigenvalue weighted by Crippen LogP contribution is -2.43. The van der Waals surface area contributed by atoms with Gasteiger partial charge in [-0.2, -0.15) is 0 Å². The molecule has 2 aliphatic heterocycles. The fourth-order valence-corrected chi connectivity index (χ4v) is 5.21. The first-order chi connectivity index (χ1) is 13.6. The van der Waals surface area contributed by atoms with E-state index in [1.54, 1.807) is 6.20 Å². The summed E-state index contributed by atoms with van der Waals surface area (Å²) in [7, 11) is 0. The van der Waals surface area contributed by atoms with E-state index >= 15 is 0 Å². The number of allylic oxidation sites excluding steroid dienone is 2. The molecular weight excluding hydrogens is 430 g/mol. The van der Waals surface area contributed by atoms with Crippen molar-refractivity contribution in [3.63, 3.8) is 0 Å². The van der Waals surface area contributed by atoms with Crippen LogP contribution in [0.2, 0.25) is 0 Å². The number of ether oxygens (including phenoxy) is 1. The zero-order valence-electron chi connectivity index (χ0n) is 15.3. The van der Waals surface area contributed by atoms with Crippen LogP contribution >= 0.6 is 15.9 Å². The smallest absolute Gasteiger partial charge is 0.261 e. The standard InChI is InChI=1S/C20H21BrF2N4O/c21-15-8-12-2-1-5-26(16(12)9-14(15)18(22)23)20-17-10-24-4-6-27(17)19(25-20)13-3-7-28-11-13/h4,6,8,10,13,16,18H,1-3,5,7,9,11H2. The lowest BCUT2D eigenvalue weighted by Gasteiger charge is -2.40. The molecule has 3 aliphatic rings. The molecule has 0 saturated carbocycles. The van der Waals surface area contributed by atoms with Gasteiger partial charge in [-0.05, 0) is 37.3 Å². The number of piperidine rings is 1. The molecule has 2 aromatic rings. The Bertz CT molecular complexity index is 964. The molecule has 148 valence electrons. The highest BCUT2D eigenvalue weighted by Gasteiger charge is 2.36. The maximum Gasteiger partial charge on any atom is 0.261 e. The molecule has 1 aliphatic carbocycles. The largest absolute Gasteiger partial charge is 0.381 e. The summed E-state index contributed by atoms with van der Waals surface area (Å²) in [5, 5.41) is 0. The quantitative estimate of drug-likeness (QED) is 0.692. The van der Waals surface area contributed by atoms with Crippen molar-refractivity contribution >= 4 is 27.3 Å². The normalized spacial score (nSPS) is 25.6. The number of imidazole rings is 1. The van der Waals surface area contributed by atoms with Gasteiger partial charge >= 0.3 is 0 Å². The van der Waals surface area contributed by atoms with Crippen LogP contribution in [-0.4, -0.2) is 46.6 Å². The lowest BCUT2D eigenvalue weighted by atomic mass is 9.86. The first-order valence-electron chi connectivity index (χ1n) is 9.67. The van der Waals surface area contributed by atoms with E-state index in [1.807, 2.05) is 18.5 Å². The predicted molar refractivity (Wildman–Crippen MR) is 106 cm³/mol. The van der Waals surface area contributed by atoms with E-state index in [0.29, 0.717) is 17.5 Å². The van der Waals surface area contributed by atoms with Gasteiger partial charge in [0.05, 0.1) is 18.8 Å². The van der Waals surface area contributed by atoms with Gasteiger partial charge in [0.25, 0.3) is 6.43 Å². The van der Waals surface area contributed by atoms with Gasteiger partial charge in [-0.1, -0.05) is 15.9 Å². The van der Waals surface area contributed by atoms with Gasteiger partial charge in [0.1, 0.15) is 11.3 Å². The predicted octanol–water partition coefficient (Wildman–Crippen LogP) is 4.45. The van der Waals surface area contributed by atoms with Gasteiger partial charge in [0, 0.05) is 41.5 Å². The number of nitrogens with zero attached hydrogens (tertiary/aromatic N) is 4. The molecule has 0 amide bonds. The van der Waals surface area contributed by atoms with Crippen LogP contribution in [0.4, 0.5) is 14.6 Å². The minimum absolute atomic E-state index is 0.0781. The molecule has 2 fully saturated rings. The lowest BCUT2D eigenvalue weighted by molar-refractivity contribution is 0.182. The molecule has 2 atom stereocenters. The molecule has 0 N–H and O–H groups in total. The Morgan fingerprint density at radius 3 is 3.00 bits per heavy atom. The second-order valence-electron chi connectivity index (χ2n) is 7.60. The number of fused-ring (bicyclic) bond motifs is 2. The van der Waals surface area contributed by atoms with Crippen LogP contribution in [0.3, 0.4) is 0 Å². The number of halogens is 3. The zero-order valence-corrected chi connectivity index (χ0v) is 16.9. The fraction of sp³-hybridized carbons (Fsp3) is 0.500.